The van der Waals surface area contributed by atoms with E-state index in [0.29, 0.717) is 27.8 Å². The molecule has 3 nitrogen and oxygen atoms in total. The zero-order valence-electron chi connectivity index (χ0n) is 11.0. The van der Waals surface area contributed by atoms with E-state index in [-0.39, 0.29) is 5.91 Å². The second kappa shape index (κ2) is 7.49. The lowest BCUT2D eigenvalue weighted by Gasteiger charge is -2.08. The summed E-state index contributed by atoms with van der Waals surface area (Å²) in [7, 11) is 0. The van der Waals surface area contributed by atoms with Gasteiger partial charge < -0.3 is 11.1 Å². The van der Waals surface area contributed by atoms with Crippen LogP contribution in [0.15, 0.2) is 28.1 Å². The number of carbonyl (C=O) groups is 1. The van der Waals surface area contributed by atoms with Gasteiger partial charge in [0.1, 0.15) is 0 Å². The van der Waals surface area contributed by atoms with Gasteiger partial charge >= 0.3 is 0 Å². The van der Waals surface area contributed by atoms with Crippen LogP contribution in [0.4, 0.5) is 11.4 Å². The van der Waals surface area contributed by atoms with E-state index in [4.69, 9.17) is 28.9 Å². The molecule has 7 heteroatoms. The lowest BCUT2D eigenvalue weighted by Crippen LogP contribution is -2.11. The van der Waals surface area contributed by atoms with Crippen molar-refractivity contribution < 1.29 is 4.79 Å². The van der Waals surface area contributed by atoms with Crippen LogP contribution in [0.25, 0.3) is 0 Å². The molecule has 1 heterocycles. The molecule has 1 aromatic heterocycles. The van der Waals surface area contributed by atoms with E-state index >= 15 is 0 Å². The van der Waals surface area contributed by atoms with Crippen LogP contribution in [0.3, 0.4) is 0 Å². The Morgan fingerprint density at radius 1 is 1.29 bits per heavy atom. The topological polar surface area (TPSA) is 55.1 Å². The van der Waals surface area contributed by atoms with Crippen LogP contribution in [0, 0.1) is 0 Å². The number of aryl methyl sites for hydroxylation is 1. The Morgan fingerprint density at radius 3 is 2.52 bits per heavy atom. The Hall–Kier alpha value is -0.750. The fraction of sp³-hybridized carbons (Fsp3) is 0.214. The number of halogens is 3. The predicted molar refractivity (Wildman–Crippen MR) is 94.5 cm³/mol. The number of hydrogen-bond acceptors (Lipinski definition) is 3. The second-order valence-electron chi connectivity index (χ2n) is 4.46. The van der Waals surface area contributed by atoms with Crippen molar-refractivity contribution >= 4 is 67.8 Å². The summed E-state index contributed by atoms with van der Waals surface area (Å²) >= 11 is 17.0. The summed E-state index contributed by atoms with van der Waals surface area (Å²) in [5.74, 6) is -0.0671. The zero-order chi connectivity index (χ0) is 15.4. The van der Waals surface area contributed by atoms with Crippen LogP contribution >= 0.6 is 50.5 Å². The maximum Gasteiger partial charge on any atom is 0.224 e. The number of hydrogen-bond donors (Lipinski definition) is 2. The fourth-order valence-electron chi connectivity index (χ4n) is 1.79. The largest absolute Gasteiger partial charge is 0.396 e. The molecule has 21 heavy (non-hydrogen) atoms. The lowest BCUT2D eigenvalue weighted by molar-refractivity contribution is -0.116. The summed E-state index contributed by atoms with van der Waals surface area (Å²) in [5.41, 5.74) is 6.53. The summed E-state index contributed by atoms with van der Waals surface area (Å²) < 4.78 is 1.10. The molecule has 0 fully saturated rings. The molecule has 0 saturated heterocycles. The Bertz CT molecular complexity index is 637. The van der Waals surface area contributed by atoms with Gasteiger partial charge in [-0.15, -0.1) is 11.3 Å². The number of rotatable bonds is 5. The maximum atomic E-state index is 11.9. The zero-order valence-corrected chi connectivity index (χ0v) is 14.9. The van der Waals surface area contributed by atoms with Crippen LogP contribution in [0.5, 0.6) is 0 Å². The smallest absolute Gasteiger partial charge is 0.224 e. The van der Waals surface area contributed by atoms with E-state index in [2.05, 4.69) is 27.3 Å². The highest BCUT2D eigenvalue weighted by molar-refractivity contribution is 9.11. The summed E-state index contributed by atoms with van der Waals surface area (Å²) in [6.07, 6.45) is 2.11. The monoisotopic (exact) mass is 406 g/mol. The number of benzene rings is 1. The summed E-state index contributed by atoms with van der Waals surface area (Å²) in [5, 5.41) is 3.44. The minimum Gasteiger partial charge on any atom is -0.396 e. The standard InChI is InChI=1S/C14H13BrCl2N2OS/c15-12-5-4-9(21-12)2-1-3-13(20)19-8-6-10(16)14(18)11(17)7-8/h4-7H,1-3,18H2,(H,19,20). The van der Waals surface area contributed by atoms with Crippen LogP contribution in [0.2, 0.25) is 10.0 Å². The third kappa shape index (κ3) is 4.88. The molecule has 0 aliphatic rings. The first-order valence-corrected chi connectivity index (χ1v) is 8.61. The van der Waals surface area contributed by atoms with Crippen molar-refractivity contribution in [3.05, 3.63) is 43.0 Å². The molecule has 1 aromatic carbocycles. The van der Waals surface area contributed by atoms with Crippen LogP contribution in [0.1, 0.15) is 17.7 Å². The molecule has 0 spiro atoms. The molecule has 112 valence electrons. The molecule has 2 aromatic rings. The van der Waals surface area contributed by atoms with Crippen molar-refractivity contribution in [1.82, 2.24) is 0 Å². The van der Waals surface area contributed by atoms with Crippen molar-refractivity contribution in [1.29, 1.82) is 0 Å². The molecule has 0 aliphatic carbocycles. The number of amides is 1. The van der Waals surface area contributed by atoms with Gasteiger partial charge in [-0.1, -0.05) is 23.2 Å². The molecule has 0 unspecified atom stereocenters. The van der Waals surface area contributed by atoms with Gasteiger partial charge in [-0.2, -0.15) is 0 Å². The molecule has 2 rings (SSSR count). The average molecular weight is 408 g/mol. The number of nitrogens with one attached hydrogen (secondary N) is 1. The van der Waals surface area contributed by atoms with Gasteiger partial charge in [0.05, 0.1) is 19.5 Å². The molecule has 3 N–H and O–H groups in total. The summed E-state index contributed by atoms with van der Waals surface area (Å²) in [6.45, 7) is 0. The normalized spacial score (nSPS) is 10.6. The highest BCUT2D eigenvalue weighted by Gasteiger charge is 2.08. The third-order valence-electron chi connectivity index (χ3n) is 2.82. The Kier molecular flexibility index (Phi) is 5.93. The van der Waals surface area contributed by atoms with E-state index in [1.54, 1.807) is 23.5 Å². The Labute approximate surface area is 145 Å². The van der Waals surface area contributed by atoms with Crippen molar-refractivity contribution in [2.45, 2.75) is 19.3 Å². The van der Waals surface area contributed by atoms with Crippen LogP contribution in [-0.4, -0.2) is 5.91 Å². The van der Waals surface area contributed by atoms with Crippen LogP contribution in [-0.2, 0) is 11.2 Å². The van der Waals surface area contributed by atoms with E-state index in [1.807, 2.05) is 6.07 Å². The molecule has 0 aliphatic heterocycles. The molecule has 0 bridgehead atoms. The molecule has 0 atom stereocenters. The number of nitrogens with two attached hydrogens (primary N) is 1. The second-order valence-corrected chi connectivity index (χ2v) is 7.82. The van der Waals surface area contributed by atoms with Gasteiger partial charge in [0.15, 0.2) is 0 Å². The van der Waals surface area contributed by atoms with E-state index < -0.39 is 0 Å². The van der Waals surface area contributed by atoms with Gasteiger partial charge in [-0.3, -0.25) is 4.79 Å². The Morgan fingerprint density at radius 2 is 1.95 bits per heavy atom. The predicted octanol–water partition coefficient (Wildman–Crippen LogP) is 5.36. The van der Waals surface area contributed by atoms with Gasteiger partial charge in [0, 0.05) is 17.0 Å². The van der Waals surface area contributed by atoms with Gasteiger partial charge in [0.25, 0.3) is 0 Å². The minimum absolute atomic E-state index is 0.0671. The van der Waals surface area contributed by atoms with E-state index in [0.717, 1.165) is 16.6 Å². The summed E-state index contributed by atoms with van der Waals surface area (Å²) in [4.78, 5) is 13.1. The van der Waals surface area contributed by atoms with Gasteiger partial charge in [-0.25, -0.2) is 0 Å². The van der Waals surface area contributed by atoms with E-state index in [1.165, 1.54) is 4.88 Å². The molecule has 0 radical (unpaired) electrons. The highest BCUT2D eigenvalue weighted by atomic mass is 79.9. The first-order chi connectivity index (χ1) is 9.95. The van der Waals surface area contributed by atoms with Gasteiger partial charge in [-0.05, 0) is 53.0 Å². The molecular formula is C14H13BrCl2N2OS. The van der Waals surface area contributed by atoms with Crippen molar-refractivity contribution in [2.75, 3.05) is 11.1 Å². The molecule has 0 saturated carbocycles. The fourth-order valence-corrected chi connectivity index (χ4v) is 3.80. The molecule has 1 amide bonds. The quantitative estimate of drug-likeness (QED) is 0.655. The highest BCUT2D eigenvalue weighted by Crippen LogP contribution is 2.31. The number of nitrogen functional groups attached to an aromatic ring is 1. The number of carbonyl (C=O) groups excluding carboxylic acids is 1. The van der Waals surface area contributed by atoms with Crippen molar-refractivity contribution in [3.63, 3.8) is 0 Å². The number of thiophene rings is 1. The molecular weight excluding hydrogens is 395 g/mol. The van der Waals surface area contributed by atoms with E-state index in [9.17, 15) is 4.79 Å². The first-order valence-electron chi connectivity index (χ1n) is 6.24. The average Bonchev–Trinajstić information content (AvgIpc) is 2.81. The van der Waals surface area contributed by atoms with Crippen LogP contribution < -0.4 is 11.1 Å². The maximum absolute atomic E-state index is 11.9. The summed E-state index contributed by atoms with van der Waals surface area (Å²) in [6, 6.07) is 7.26. The first kappa shape index (κ1) is 16.6. The van der Waals surface area contributed by atoms with Crippen molar-refractivity contribution in [2.24, 2.45) is 0 Å². The van der Waals surface area contributed by atoms with Gasteiger partial charge in [0.2, 0.25) is 5.91 Å². The third-order valence-corrected chi connectivity index (χ3v) is 5.13. The lowest BCUT2D eigenvalue weighted by atomic mass is 10.2. The SMILES string of the molecule is Nc1c(Cl)cc(NC(=O)CCCc2ccc(Br)s2)cc1Cl. The van der Waals surface area contributed by atoms with Crippen molar-refractivity contribution in [3.8, 4) is 0 Å². The Balaban J connectivity index is 1.84. The number of anilines is 2. The minimum atomic E-state index is -0.0671.